The Morgan fingerprint density at radius 2 is 2.11 bits per heavy atom. The third-order valence-corrected chi connectivity index (χ3v) is 3.91. The lowest BCUT2D eigenvalue weighted by Crippen LogP contribution is -1.98. The third kappa shape index (κ3) is 2.96. The second-order valence-electron chi connectivity index (χ2n) is 4.03. The normalized spacial score (nSPS) is 12.7. The standard InChI is InChI=1S/C14H13BrClFO/c1-2-9-6-7-14(18-9)11(15)8-10-12(16)4-3-5-13(10)17/h3-7,11H,2,8H2,1H3. The van der Waals surface area contributed by atoms with Crippen molar-refractivity contribution in [3.8, 4) is 0 Å². The van der Waals surface area contributed by atoms with Crippen molar-refractivity contribution in [2.75, 3.05) is 0 Å². The number of hydrogen-bond acceptors (Lipinski definition) is 1. The molecule has 1 heterocycles. The molecule has 0 bridgehead atoms. The Kier molecular flexibility index (Phi) is 4.46. The number of furan rings is 1. The fraction of sp³-hybridized carbons (Fsp3) is 0.286. The van der Waals surface area contributed by atoms with E-state index >= 15 is 0 Å². The van der Waals surface area contributed by atoms with Gasteiger partial charge in [0.05, 0.1) is 4.83 Å². The highest BCUT2D eigenvalue weighted by Gasteiger charge is 2.17. The SMILES string of the molecule is CCc1ccc(C(Br)Cc2c(F)cccc2Cl)o1. The van der Waals surface area contributed by atoms with Gasteiger partial charge in [-0.25, -0.2) is 4.39 Å². The molecule has 1 aromatic carbocycles. The molecule has 18 heavy (non-hydrogen) atoms. The lowest BCUT2D eigenvalue weighted by molar-refractivity contribution is 0.466. The predicted octanol–water partition coefficient (Wildman–Crippen LogP) is 5.31. The molecule has 0 fully saturated rings. The molecule has 0 aliphatic carbocycles. The van der Waals surface area contributed by atoms with Crippen LogP contribution in [-0.2, 0) is 12.8 Å². The van der Waals surface area contributed by atoms with E-state index in [1.54, 1.807) is 12.1 Å². The summed E-state index contributed by atoms with van der Waals surface area (Å²) in [5, 5.41) is 0.446. The first kappa shape index (κ1) is 13.6. The van der Waals surface area contributed by atoms with Crippen LogP contribution in [0.3, 0.4) is 0 Å². The van der Waals surface area contributed by atoms with Gasteiger partial charge < -0.3 is 4.42 Å². The molecule has 1 atom stereocenters. The fourth-order valence-electron chi connectivity index (χ4n) is 1.76. The number of hydrogen-bond donors (Lipinski definition) is 0. The smallest absolute Gasteiger partial charge is 0.127 e. The molecule has 1 aromatic heterocycles. The highest BCUT2D eigenvalue weighted by Crippen LogP contribution is 2.32. The zero-order valence-electron chi connectivity index (χ0n) is 9.92. The van der Waals surface area contributed by atoms with Gasteiger partial charge in [0, 0.05) is 17.0 Å². The molecule has 0 aliphatic heterocycles. The molecule has 0 radical (unpaired) electrons. The van der Waals surface area contributed by atoms with E-state index in [0.29, 0.717) is 17.0 Å². The van der Waals surface area contributed by atoms with E-state index in [9.17, 15) is 4.39 Å². The Morgan fingerprint density at radius 1 is 1.33 bits per heavy atom. The van der Waals surface area contributed by atoms with Gasteiger partial charge in [-0.2, -0.15) is 0 Å². The van der Waals surface area contributed by atoms with Crippen LogP contribution in [0.25, 0.3) is 0 Å². The Bertz CT molecular complexity index is 518. The maximum absolute atomic E-state index is 13.7. The summed E-state index contributed by atoms with van der Waals surface area (Å²) in [4.78, 5) is -0.0767. The lowest BCUT2D eigenvalue weighted by Gasteiger charge is -2.09. The molecule has 0 saturated carbocycles. The third-order valence-electron chi connectivity index (χ3n) is 2.78. The van der Waals surface area contributed by atoms with E-state index in [4.69, 9.17) is 16.0 Å². The van der Waals surface area contributed by atoms with E-state index in [2.05, 4.69) is 15.9 Å². The first-order valence-electron chi connectivity index (χ1n) is 5.77. The van der Waals surface area contributed by atoms with Crippen LogP contribution in [-0.4, -0.2) is 0 Å². The summed E-state index contributed by atoms with van der Waals surface area (Å²) in [5.41, 5.74) is 0.510. The van der Waals surface area contributed by atoms with E-state index in [-0.39, 0.29) is 10.6 Å². The molecular formula is C14H13BrClFO. The maximum atomic E-state index is 13.7. The summed E-state index contributed by atoms with van der Waals surface area (Å²) >= 11 is 9.52. The Hall–Kier alpha value is -0.800. The highest BCUT2D eigenvalue weighted by atomic mass is 79.9. The molecule has 0 aliphatic rings. The van der Waals surface area contributed by atoms with Crippen LogP contribution in [0.2, 0.25) is 5.02 Å². The van der Waals surface area contributed by atoms with Gasteiger partial charge in [0.1, 0.15) is 17.3 Å². The highest BCUT2D eigenvalue weighted by molar-refractivity contribution is 9.09. The molecule has 0 amide bonds. The van der Waals surface area contributed by atoms with Crippen molar-refractivity contribution in [3.05, 3.63) is 58.3 Å². The first-order valence-corrected chi connectivity index (χ1v) is 7.06. The predicted molar refractivity (Wildman–Crippen MR) is 74.9 cm³/mol. The Labute approximate surface area is 119 Å². The zero-order valence-corrected chi connectivity index (χ0v) is 12.3. The molecule has 0 spiro atoms. The largest absolute Gasteiger partial charge is 0.465 e. The molecule has 2 aromatic rings. The first-order chi connectivity index (χ1) is 8.61. The van der Waals surface area contributed by atoms with Crippen LogP contribution in [0, 0.1) is 5.82 Å². The minimum Gasteiger partial charge on any atom is -0.465 e. The summed E-state index contributed by atoms with van der Waals surface area (Å²) in [6, 6.07) is 8.56. The molecule has 1 nitrogen and oxygen atoms in total. The van der Waals surface area contributed by atoms with Crippen LogP contribution >= 0.6 is 27.5 Å². The van der Waals surface area contributed by atoms with Crippen LogP contribution in [0.1, 0.15) is 28.8 Å². The quantitative estimate of drug-likeness (QED) is 0.692. The van der Waals surface area contributed by atoms with Crippen LogP contribution in [0.4, 0.5) is 4.39 Å². The van der Waals surface area contributed by atoms with Gasteiger partial charge in [-0.1, -0.05) is 40.5 Å². The average molecular weight is 332 g/mol. The summed E-state index contributed by atoms with van der Waals surface area (Å²) < 4.78 is 19.3. The lowest BCUT2D eigenvalue weighted by atomic mass is 10.1. The number of aryl methyl sites for hydroxylation is 1. The minimum absolute atomic E-state index is 0.0767. The molecule has 96 valence electrons. The molecule has 2 rings (SSSR count). The van der Waals surface area contributed by atoms with E-state index < -0.39 is 0 Å². The van der Waals surface area contributed by atoms with Crippen molar-refractivity contribution in [1.82, 2.24) is 0 Å². The molecule has 0 N–H and O–H groups in total. The number of rotatable bonds is 4. The van der Waals surface area contributed by atoms with Gasteiger partial charge in [-0.3, -0.25) is 0 Å². The summed E-state index contributed by atoms with van der Waals surface area (Å²) in [6.07, 6.45) is 1.31. The second kappa shape index (κ2) is 5.89. The summed E-state index contributed by atoms with van der Waals surface area (Å²) in [6.45, 7) is 2.03. The molecule has 1 unspecified atom stereocenters. The van der Waals surface area contributed by atoms with Gasteiger partial charge in [0.2, 0.25) is 0 Å². The molecule has 4 heteroatoms. The van der Waals surface area contributed by atoms with Crippen molar-refractivity contribution in [2.24, 2.45) is 0 Å². The molecular weight excluding hydrogens is 319 g/mol. The van der Waals surface area contributed by atoms with Crippen molar-refractivity contribution in [1.29, 1.82) is 0 Å². The number of halogens is 3. The van der Waals surface area contributed by atoms with Gasteiger partial charge in [-0.05, 0) is 30.7 Å². The van der Waals surface area contributed by atoms with Gasteiger partial charge in [0.25, 0.3) is 0 Å². The van der Waals surface area contributed by atoms with Gasteiger partial charge >= 0.3 is 0 Å². The Morgan fingerprint density at radius 3 is 2.72 bits per heavy atom. The van der Waals surface area contributed by atoms with Crippen molar-refractivity contribution in [2.45, 2.75) is 24.6 Å². The monoisotopic (exact) mass is 330 g/mol. The van der Waals surface area contributed by atoms with Crippen molar-refractivity contribution >= 4 is 27.5 Å². The number of benzene rings is 1. The molecule has 0 saturated heterocycles. The topological polar surface area (TPSA) is 13.1 Å². The van der Waals surface area contributed by atoms with Gasteiger partial charge in [-0.15, -0.1) is 0 Å². The summed E-state index contributed by atoms with van der Waals surface area (Å²) in [7, 11) is 0. The van der Waals surface area contributed by atoms with E-state index in [0.717, 1.165) is 17.9 Å². The van der Waals surface area contributed by atoms with E-state index in [1.807, 2.05) is 19.1 Å². The maximum Gasteiger partial charge on any atom is 0.127 e. The minimum atomic E-state index is -0.283. The van der Waals surface area contributed by atoms with Crippen molar-refractivity contribution < 1.29 is 8.81 Å². The van der Waals surface area contributed by atoms with Crippen molar-refractivity contribution in [3.63, 3.8) is 0 Å². The number of alkyl halides is 1. The fourth-order valence-corrected chi connectivity index (χ4v) is 2.57. The van der Waals surface area contributed by atoms with Crippen LogP contribution < -0.4 is 0 Å². The van der Waals surface area contributed by atoms with E-state index in [1.165, 1.54) is 6.07 Å². The zero-order chi connectivity index (χ0) is 13.1. The van der Waals surface area contributed by atoms with Gasteiger partial charge in [0.15, 0.2) is 0 Å². The van der Waals surface area contributed by atoms with Crippen LogP contribution in [0.15, 0.2) is 34.7 Å². The van der Waals surface area contributed by atoms with Crippen LogP contribution in [0.5, 0.6) is 0 Å². The summed E-state index contributed by atoms with van der Waals surface area (Å²) in [5.74, 6) is 1.44. The second-order valence-corrected chi connectivity index (χ2v) is 5.54. The average Bonchev–Trinajstić information content (AvgIpc) is 2.82. The Balaban J connectivity index is 2.18.